The number of amides is 2. The van der Waals surface area contributed by atoms with Crippen molar-refractivity contribution in [1.29, 1.82) is 0 Å². The van der Waals surface area contributed by atoms with Crippen LogP contribution in [-0.2, 0) is 6.54 Å². The number of hydrogen-bond donors (Lipinski definition) is 2. The van der Waals surface area contributed by atoms with Gasteiger partial charge in [-0.25, -0.2) is 9.18 Å². The summed E-state index contributed by atoms with van der Waals surface area (Å²) in [5.41, 5.74) is 1.06. The van der Waals surface area contributed by atoms with Crippen molar-refractivity contribution in [3.63, 3.8) is 0 Å². The van der Waals surface area contributed by atoms with Crippen molar-refractivity contribution >= 4 is 11.7 Å². The zero-order valence-corrected chi connectivity index (χ0v) is 10.8. The fourth-order valence-corrected chi connectivity index (χ4v) is 1.76. The Morgan fingerprint density at radius 2 is 2.05 bits per heavy atom. The molecule has 0 atom stereocenters. The molecule has 0 bridgehead atoms. The van der Waals surface area contributed by atoms with Gasteiger partial charge in [0.05, 0.1) is 5.69 Å². The second-order valence-electron chi connectivity index (χ2n) is 4.23. The van der Waals surface area contributed by atoms with E-state index < -0.39 is 11.8 Å². The predicted octanol–water partition coefficient (Wildman–Crippen LogP) is 3.36. The normalized spacial score (nSPS) is 10.3. The summed E-state index contributed by atoms with van der Waals surface area (Å²) in [6, 6.07) is 7.42. The first-order valence-electron chi connectivity index (χ1n) is 5.91. The van der Waals surface area contributed by atoms with Crippen molar-refractivity contribution in [1.82, 2.24) is 5.32 Å². The van der Waals surface area contributed by atoms with Crippen molar-refractivity contribution in [3.05, 3.63) is 53.2 Å². The minimum absolute atomic E-state index is 0.153. The second kappa shape index (κ2) is 5.56. The Morgan fingerprint density at radius 1 is 1.32 bits per heavy atom. The van der Waals surface area contributed by atoms with Crippen LogP contribution >= 0.6 is 0 Å². The Bertz CT molecular complexity index is 593. The van der Waals surface area contributed by atoms with E-state index in [1.807, 2.05) is 19.9 Å². The molecule has 2 aromatic rings. The van der Waals surface area contributed by atoms with Crippen LogP contribution < -0.4 is 10.6 Å². The zero-order chi connectivity index (χ0) is 13.8. The second-order valence-corrected chi connectivity index (χ2v) is 4.23. The zero-order valence-electron chi connectivity index (χ0n) is 10.8. The first-order chi connectivity index (χ1) is 9.06. The van der Waals surface area contributed by atoms with Crippen molar-refractivity contribution in [2.45, 2.75) is 20.4 Å². The molecule has 4 nitrogen and oxygen atoms in total. The van der Waals surface area contributed by atoms with Crippen molar-refractivity contribution in [2.75, 3.05) is 5.32 Å². The first-order valence-corrected chi connectivity index (χ1v) is 5.91. The van der Waals surface area contributed by atoms with E-state index in [0.29, 0.717) is 6.54 Å². The van der Waals surface area contributed by atoms with Gasteiger partial charge in [-0.3, -0.25) is 0 Å². The number of anilines is 1. The number of benzene rings is 1. The molecule has 100 valence electrons. The summed E-state index contributed by atoms with van der Waals surface area (Å²) in [7, 11) is 0. The Balaban J connectivity index is 1.92. The van der Waals surface area contributed by atoms with E-state index in [4.69, 9.17) is 4.42 Å². The lowest BCUT2D eigenvalue weighted by Crippen LogP contribution is -2.28. The molecule has 1 aromatic carbocycles. The molecular weight excluding hydrogens is 247 g/mol. The Morgan fingerprint density at radius 3 is 2.68 bits per heavy atom. The number of halogens is 1. The van der Waals surface area contributed by atoms with Gasteiger partial charge in [-0.2, -0.15) is 0 Å². The topological polar surface area (TPSA) is 54.3 Å². The summed E-state index contributed by atoms with van der Waals surface area (Å²) in [6.45, 7) is 4.01. The summed E-state index contributed by atoms with van der Waals surface area (Å²) in [5.74, 6) is 1.10. The lowest BCUT2D eigenvalue weighted by molar-refractivity contribution is 0.251. The van der Waals surface area contributed by atoms with Crippen LogP contribution in [0.1, 0.15) is 17.1 Å². The van der Waals surface area contributed by atoms with Gasteiger partial charge in [-0.15, -0.1) is 0 Å². The highest BCUT2D eigenvalue weighted by molar-refractivity contribution is 5.89. The largest absolute Gasteiger partial charge is 0.466 e. The SMILES string of the molecule is Cc1cc(CNC(=O)Nc2ccccc2F)c(C)o1. The van der Waals surface area contributed by atoms with E-state index in [1.165, 1.54) is 12.1 Å². The quantitative estimate of drug-likeness (QED) is 0.891. The highest BCUT2D eigenvalue weighted by atomic mass is 19.1. The molecular formula is C14H15FN2O2. The van der Waals surface area contributed by atoms with E-state index >= 15 is 0 Å². The van der Waals surface area contributed by atoms with Gasteiger partial charge in [0.1, 0.15) is 17.3 Å². The first kappa shape index (κ1) is 13.1. The number of rotatable bonds is 3. The van der Waals surface area contributed by atoms with Gasteiger partial charge >= 0.3 is 6.03 Å². The van der Waals surface area contributed by atoms with E-state index in [1.54, 1.807) is 12.1 Å². The van der Waals surface area contributed by atoms with Crippen molar-refractivity contribution in [2.24, 2.45) is 0 Å². The average Bonchev–Trinajstić information content (AvgIpc) is 2.68. The fourth-order valence-electron chi connectivity index (χ4n) is 1.76. The number of carbonyl (C=O) groups is 1. The lowest BCUT2D eigenvalue weighted by Gasteiger charge is -2.07. The van der Waals surface area contributed by atoms with Crippen LogP contribution in [0.5, 0.6) is 0 Å². The average molecular weight is 262 g/mol. The third-order valence-corrected chi connectivity index (χ3v) is 2.71. The fraction of sp³-hybridized carbons (Fsp3) is 0.214. The van der Waals surface area contributed by atoms with Gasteiger partial charge in [0.25, 0.3) is 0 Å². The smallest absolute Gasteiger partial charge is 0.319 e. The molecule has 2 amide bonds. The molecule has 0 saturated heterocycles. The molecule has 2 rings (SSSR count). The summed E-state index contributed by atoms with van der Waals surface area (Å²) in [6.07, 6.45) is 0. The van der Waals surface area contributed by atoms with Gasteiger partial charge in [0.15, 0.2) is 0 Å². The van der Waals surface area contributed by atoms with Crippen LogP contribution in [0.15, 0.2) is 34.7 Å². The molecule has 0 saturated carbocycles. The van der Waals surface area contributed by atoms with Crippen molar-refractivity contribution in [3.8, 4) is 0 Å². The van der Waals surface area contributed by atoms with Crippen LogP contribution in [0.25, 0.3) is 0 Å². The Kier molecular flexibility index (Phi) is 3.85. The minimum atomic E-state index is -0.465. The van der Waals surface area contributed by atoms with Crippen LogP contribution in [0.2, 0.25) is 0 Å². The molecule has 5 heteroatoms. The molecule has 19 heavy (non-hydrogen) atoms. The maximum Gasteiger partial charge on any atom is 0.319 e. The predicted molar refractivity (Wildman–Crippen MR) is 70.4 cm³/mol. The highest BCUT2D eigenvalue weighted by Gasteiger charge is 2.08. The number of carbonyl (C=O) groups excluding carboxylic acids is 1. The summed E-state index contributed by atoms with van der Waals surface area (Å²) >= 11 is 0. The van der Waals surface area contributed by atoms with Gasteiger partial charge < -0.3 is 15.1 Å². The molecule has 0 aliphatic carbocycles. The number of urea groups is 1. The number of para-hydroxylation sites is 1. The Labute approximate surface area is 110 Å². The lowest BCUT2D eigenvalue weighted by atomic mass is 10.2. The molecule has 0 radical (unpaired) electrons. The number of hydrogen-bond acceptors (Lipinski definition) is 2. The molecule has 2 N–H and O–H groups in total. The maximum atomic E-state index is 13.3. The number of aryl methyl sites for hydroxylation is 2. The molecule has 1 heterocycles. The van der Waals surface area contributed by atoms with E-state index in [2.05, 4.69) is 10.6 Å². The van der Waals surface area contributed by atoms with Gasteiger partial charge in [-0.1, -0.05) is 12.1 Å². The van der Waals surface area contributed by atoms with Gasteiger partial charge in [0, 0.05) is 12.1 Å². The van der Waals surface area contributed by atoms with Crippen molar-refractivity contribution < 1.29 is 13.6 Å². The molecule has 0 fully saturated rings. The van der Waals surface area contributed by atoms with Gasteiger partial charge in [-0.05, 0) is 32.0 Å². The third kappa shape index (κ3) is 3.34. The van der Waals surface area contributed by atoms with E-state index in [9.17, 15) is 9.18 Å². The summed E-state index contributed by atoms with van der Waals surface area (Å²) in [5, 5.41) is 5.10. The van der Waals surface area contributed by atoms with Crippen LogP contribution in [0, 0.1) is 19.7 Å². The maximum absolute atomic E-state index is 13.3. The molecule has 0 unspecified atom stereocenters. The standard InChI is InChI=1S/C14H15FN2O2/c1-9-7-11(10(2)19-9)8-16-14(18)17-13-6-4-3-5-12(13)15/h3-7H,8H2,1-2H3,(H2,16,17,18). The number of furan rings is 1. The molecule has 1 aromatic heterocycles. The monoisotopic (exact) mass is 262 g/mol. The summed E-state index contributed by atoms with van der Waals surface area (Å²) < 4.78 is 18.7. The third-order valence-electron chi connectivity index (χ3n) is 2.71. The van der Waals surface area contributed by atoms with Crippen LogP contribution in [-0.4, -0.2) is 6.03 Å². The minimum Gasteiger partial charge on any atom is -0.466 e. The van der Waals surface area contributed by atoms with E-state index in [0.717, 1.165) is 17.1 Å². The molecule has 0 aliphatic heterocycles. The molecule has 0 aliphatic rings. The summed E-state index contributed by atoms with van der Waals surface area (Å²) in [4.78, 5) is 11.6. The van der Waals surface area contributed by atoms with Crippen LogP contribution in [0.3, 0.4) is 0 Å². The highest BCUT2D eigenvalue weighted by Crippen LogP contribution is 2.14. The van der Waals surface area contributed by atoms with E-state index in [-0.39, 0.29) is 5.69 Å². The van der Waals surface area contributed by atoms with Gasteiger partial charge in [0.2, 0.25) is 0 Å². The Hall–Kier alpha value is -2.30. The van der Waals surface area contributed by atoms with Crippen LogP contribution in [0.4, 0.5) is 14.9 Å². The number of nitrogens with one attached hydrogen (secondary N) is 2. The molecule has 0 spiro atoms.